The van der Waals surface area contributed by atoms with Gasteiger partial charge in [0.25, 0.3) is 23.6 Å². The van der Waals surface area contributed by atoms with Gasteiger partial charge in [0.05, 0.1) is 16.8 Å². The molecule has 8 heteroatoms. The number of fused-ring (bicyclic) bond motifs is 1. The molecule has 0 atom stereocenters. The van der Waals surface area contributed by atoms with Crippen molar-refractivity contribution in [2.45, 2.75) is 32.6 Å². The fraction of sp³-hybridized carbons (Fsp3) is 0.200. The SMILES string of the molecule is C/C(=C/c1ccc(C)o1)C(=O)Nc1ccc(C2CCN(C(=O)c3ccc(N4C(=O)c5ccccc5C4=O)cc3)CC2)cc1. The number of carbonyl (C=O) groups is 4. The first kappa shape index (κ1) is 27.9. The van der Waals surface area contributed by atoms with E-state index < -0.39 is 0 Å². The van der Waals surface area contributed by atoms with Crippen molar-refractivity contribution in [1.82, 2.24) is 4.90 Å². The van der Waals surface area contributed by atoms with E-state index in [0.29, 0.717) is 52.7 Å². The molecule has 43 heavy (non-hydrogen) atoms. The van der Waals surface area contributed by atoms with Gasteiger partial charge >= 0.3 is 0 Å². The number of anilines is 2. The number of imide groups is 1. The van der Waals surface area contributed by atoms with E-state index in [1.165, 1.54) is 5.56 Å². The van der Waals surface area contributed by atoms with Gasteiger partial charge in [0, 0.05) is 29.9 Å². The van der Waals surface area contributed by atoms with Crippen molar-refractivity contribution in [3.8, 4) is 0 Å². The van der Waals surface area contributed by atoms with Gasteiger partial charge in [0.1, 0.15) is 11.5 Å². The Morgan fingerprint density at radius 2 is 1.47 bits per heavy atom. The quantitative estimate of drug-likeness (QED) is 0.211. The highest BCUT2D eigenvalue weighted by molar-refractivity contribution is 6.34. The first-order valence-electron chi connectivity index (χ1n) is 14.3. The number of benzene rings is 3. The Hall–Kier alpha value is -5.24. The highest BCUT2D eigenvalue weighted by Gasteiger charge is 2.36. The zero-order valence-electron chi connectivity index (χ0n) is 24.0. The lowest BCUT2D eigenvalue weighted by atomic mass is 9.89. The largest absolute Gasteiger partial charge is 0.462 e. The van der Waals surface area contributed by atoms with Crippen LogP contribution < -0.4 is 10.2 Å². The van der Waals surface area contributed by atoms with Crippen LogP contribution in [0.4, 0.5) is 11.4 Å². The van der Waals surface area contributed by atoms with Crippen LogP contribution in [0.1, 0.15) is 73.8 Å². The van der Waals surface area contributed by atoms with E-state index in [9.17, 15) is 19.2 Å². The number of rotatable bonds is 6. The molecule has 8 nitrogen and oxygen atoms in total. The smallest absolute Gasteiger partial charge is 0.266 e. The standard InChI is InChI=1S/C35H31N3O5/c1-22(21-29-16-7-23(2)43-29)32(39)36-27-12-8-24(9-13-27)25-17-19-37(20-18-25)33(40)26-10-14-28(15-11-26)38-34(41)30-5-3-4-6-31(30)35(38)42/h3-16,21,25H,17-20H2,1-2H3,(H,36,39)/b22-21-. The van der Waals surface area contributed by atoms with Crippen LogP contribution in [0, 0.1) is 6.92 Å². The fourth-order valence-corrected chi connectivity index (χ4v) is 5.65. The summed E-state index contributed by atoms with van der Waals surface area (Å²) in [6, 6.07) is 25.0. The van der Waals surface area contributed by atoms with Gasteiger partial charge in [0.15, 0.2) is 0 Å². The summed E-state index contributed by atoms with van der Waals surface area (Å²) < 4.78 is 5.52. The number of amides is 4. The van der Waals surface area contributed by atoms with Crippen molar-refractivity contribution in [3.05, 3.63) is 124 Å². The maximum absolute atomic E-state index is 13.2. The van der Waals surface area contributed by atoms with Crippen molar-refractivity contribution in [3.63, 3.8) is 0 Å². The maximum atomic E-state index is 13.2. The predicted molar refractivity (Wildman–Crippen MR) is 164 cm³/mol. The van der Waals surface area contributed by atoms with E-state index in [0.717, 1.165) is 29.2 Å². The summed E-state index contributed by atoms with van der Waals surface area (Å²) in [5.74, 6) is 0.774. The van der Waals surface area contributed by atoms with Crippen LogP contribution >= 0.6 is 0 Å². The van der Waals surface area contributed by atoms with Crippen LogP contribution in [-0.2, 0) is 4.79 Å². The molecule has 0 spiro atoms. The number of likely N-dealkylation sites (tertiary alicyclic amines) is 1. The Balaban J connectivity index is 1.03. The summed E-state index contributed by atoms with van der Waals surface area (Å²) in [5, 5.41) is 2.93. The third kappa shape index (κ3) is 5.64. The van der Waals surface area contributed by atoms with Crippen LogP contribution in [-0.4, -0.2) is 41.6 Å². The molecule has 0 saturated carbocycles. The molecule has 0 bridgehead atoms. The molecule has 6 rings (SSSR count). The summed E-state index contributed by atoms with van der Waals surface area (Å²) in [4.78, 5) is 54.4. The molecule has 2 aliphatic rings. The van der Waals surface area contributed by atoms with Gasteiger partial charge in [-0.1, -0.05) is 24.3 Å². The number of aryl methyl sites for hydroxylation is 1. The van der Waals surface area contributed by atoms with Crippen molar-refractivity contribution in [1.29, 1.82) is 0 Å². The molecule has 3 heterocycles. The van der Waals surface area contributed by atoms with Crippen LogP contribution in [0.15, 0.2) is 94.9 Å². The second-order valence-corrected chi connectivity index (χ2v) is 11.0. The average Bonchev–Trinajstić information content (AvgIpc) is 3.56. The minimum atomic E-state index is -0.357. The maximum Gasteiger partial charge on any atom is 0.266 e. The van der Waals surface area contributed by atoms with E-state index in [2.05, 4.69) is 5.32 Å². The average molecular weight is 574 g/mol. The van der Waals surface area contributed by atoms with Gasteiger partial charge in [-0.3, -0.25) is 19.2 Å². The van der Waals surface area contributed by atoms with Gasteiger partial charge < -0.3 is 14.6 Å². The Labute approximate surface area is 249 Å². The summed E-state index contributed by atoms with van der Waals surface area (Å²) in [6.45, 7) is 4.86. The first-order valence-corrected chi connectivity index (χ1v) is 14.3. The molecular weight excluding hydrogens is 542 g/mol. The summed E-state index contributed by atoms with van der Waals surface area (Å²) in [5.41, 5.74) is 4.18. The zero-order valence-corrected chi connectivity index (χ0v) is 24.0. The lowest BCUT2D eigenvalue weighted by molar-refractivity contribution is -0.112. The molecule has 1 saturated heterocycles. The lowest BCUT2D eigenvalue weighted by Gasteiger charge is -2.32. The first-order chi connectivity index (χ1) is 20.8. The highest BCUT2D eigenvalue weighted by Crippen LogP contribution is 2.31. The molecule has 0 radical (unpaired) electrons. The molecule has 3 aromatic carbocycles. The minimum Gasteiger partial charge on any atom is -0.462 e. The lowest BCUT2D eigenvalue weighted by Crippen LogP contribution is -2.38. The Morgan fingerprint density at radius 3 is 2.05 bits per heavy atom. The molecule has 216 valence electrons. The number of hydrogen-bond donors (Lipinski definition) is 1. The summed E-state index contributed by atoms with van der Waals surface area (Å²) >= 11 is 0. The van der Waals surface area contributed by atoms with Crippen LogP contribution in [0.5, 0.6) is 0 Å². The van der Waals surface area contributed by atoms with Crippen molar-refractivity contribution in [2.24, 2.45) is 0 Å². The molecule has 1 N–H and O–H groups in total. The third-order valence-corrected chi connectivity index (χ3v) is 8.07. The van der Waals surface area contributed by atoms with Gasteiger partial charge in [-0.25, -0.2) is 4.90 Å². The van der Waals surface area contributed by atoms with Gasteiger partial charge in [-0.15, -0.1) is 0 Å². The van der Waals surface area contributed by atoms with Crippen molar-refractivity contribution in [2.75, 3.05) is 23.3 Å². The number of carbonyl (C=O) groups excluding carboxylic acids is 4. The molecule has 4 amide bonds. The van der Waals surface area contributed by atoms with E-state index in [1.54, 1.807) is 61.5 Å². The highest BCUT2D eigenvalue weighted by atomic mass is 16.3. The molecule has 1 aromatic heterocycles. The van der Waals surface area contributed by atoms with Crippen molar-refractivity contribution >= 4 is 41.1 Å². The van der Waals surface area contributed by atoms with Crippen molar-refractivity contribution < 1.29 is 23.6 Å². The predicted octanol–water partition coefficient (Wildman–Crippen LogP) is 6.45. The fourth-order valence-electron chi connectivity index (χ4n) is 5.65. The minimum absolute atomic E-state index is 0.0708. The Bertz CT molecular complexity index is 1710. The number of furan rings is 1. The molecular formula is C35H31N3O5. The number of piperidine rings is 1. The van der Waals surface area contributed by atoms with E-state index >= 15 is 0 Å². The molecule has 1 fully saturated rings. The van der Waals surface area contributed by atoms with Crippen LogP contribution in [0.3, 0.4) is 0 Å². The Kier molecular flexibility index (Phi) is 7.50. The topological polar surface area (TPSA) is 99.9 Å². The molecule has 4 aromatic rings. The zero-order chi connectivity index (χ0) is 30.1. The van der Waals surface area contributed by atoms with Gasteiger partial charge in [-0.2, -0.15) is 0 Å². The third-order valence-electron chi connectivity index (χ3n) is 8.07. The van der Waals surface area contributed by atoms with E-state index in [-0.39, 0.29) is 23.6 Å². The van der Waals surface area contributed by atoms with Gasteiger partial charge in [-0.05, 0) is 105 Å². The van der Waals surface area contributed by atoms with Gasteiger partial charge in [0.2, 0.25) is 0 Å². The Morgan fingerprint density at radius 1 is 0.837 bits per heavy atom. The normalized spacial score (nSPS) is 15.5. The number of nitrogens with zero attached hydrogens (tertiary/aromatic N) is 2. The second-order valence-electron chi connectivity index (χ2n) is 11.0. The van der Waals surface area contributed by atoms with Crippen LogP contribution in [0.2, 0.25) is 0 Å². The molecule has 2 aliphatic heterocycles. The number of nitrogens with one attached hydrogen (secondary N) is 1. The second kappa shape index (κ2) is 11.6. The summed E-state index contributed by atoms with van der Waals surface area (Å²) in [7, 11) is 0. The van der Waals surface area contributed by atoms with E-state index in [1.807, 2.05) is 48.2 Å². The molecule has 0 aliphatic carbocycles. The molecule has 0 unspecified atom stereocenters. The monoisotopic (exact) mass is 573 g/mol. The summed E-state index contributed by atoms with van der Waals surface area (Å²) in [6.07, 6.45) is 3.37. The van der Waals surface area contributed by atoms with E-state index in [4.69, 9.17) is 4.42 Å². The van der Waals surface area contributed by atoms with Crippen LogP contribution in [0.25, 0.3) is 6.08 Å². The number of hydrogen-bond acceptors (Lipinski definition) is 5.